The quantitative estimate of drug-likeness (QED) is 0.540. The van der Waals surface area contributed by atoms with Gasteiger partial charge in [0.25, 0.3) is 0 Å². The lowest BCUT2D eigenvalue weighted by Gasteiger charge is -2.26. The van der Waals surface area contributed by atoms with Gasteiger partial charge in [-0.15, -0.1) is 0 Å². The molecule has 0 spiro atoms. The third-order valence-corrected chi connectivity index (χ3v) is 4.72. The minimum Gasteiger partial charge on any atom is -0.494 e. The van der Waals surface area contributed by atoms with E-state index in [1.165, 1.54) is 19.3 Å². The summed E-state index contributed by atoms with van der Waals surface area (Å²) in [5.41, 5.74) is 2.57. The second kappa shape index (κ2) is 4.95. The van der Waals surface area contributed by atoms with Gasteiger partial charge < -0.3 is 15.4 Å². The van der Waals surface area contributed by atoms with E-state index in [1.54, 1.807) is 12.5 Å². The molecular formula is C17H16N6O. The third-order valence-electron chi connectivity index (χ3n) is 4.72. The SMILES string of the molecule is Oc1[nH]cc2cc(-c3cnc(NC4CCC4)c4ncnn34)ccc12. The Bertz CT molecular complexity index is 1050. The Kier molecular flexibility index (Phi) is 2.76. The number of hydrogen-bond donors (Lipinski definition) is 3. The molecule has 0 bridgehead atoms. The smallest absolute Gasteiger partial charge is 0.198 e. The average Bonchev–Trinajstić information content (AvgIpc) is 3.18. The largest absolute Gasteiger partial charge is 0.494 e. The van der Waals surface area contributed by atoms with Crippen molar-refractivity contribution in [2.75, 3.05) is 5.32 Å². The zero-order chi connectivity index (χ0) is 16.1. The Morgan fingerprint density at radius 1 is 1.25 bits per heavy atom. The van der Waals surface area contributed by atoms with E-state index in [0.29, 0.717) is 6.04 Å². The molecular weight excluding hydrogens is 304 g/mol. The Morgan fingerprint density at radius 3 is 3.00 bits per heavy atom. The summed E-state index contributed by atoms with van der Waals surface area (Å²) in [6, 6.07) is 6.33. The number of rotatable bonds is 3. The van der Waals surface area contributed by atoms with Gasteiger partial charge in [0.1, 0.15) is 6.33 Å². The Morgan fingerprint density at radius 2 is 2.17 bits per heavy atom. The van der Waals surface area contributed by atoms with Crippen molar-refractivity contribution in [3.8, 4) is 17.1 Å². The summed E-state index contributed by atoms with van der Waals surface area (Å²) in [5.74, 6) is 0.960. The van der Waals surface area contributed by atoms with Crippen molar-refractivity contribution in [2.24, 2.45) is 0 Å². The number of aromatic nitrogens is 5. The third kappa shape index (κ3) is 1.94. The Balaban J connectivity index is 1.63. The highest BCUT2D eigenvalue weighted by molar-refractivity contribution is 5.91. The number of benzene rings is 1. The maximum atomic E-state index is 9.76. The van der Waals surface area contributed by atoms with E-state index in [0.717, 1.165) is 33.5 Å². The number of nitrogens with zero attached hydrogens (tertiary/aromatic N) is 4. The van der Waals surface area contributed by atoms with E-state index < -0.39 is 0 Å². The fourth-order valence-corrected chi connectivity index (χ4v) is 3.14. The minimum absolute atomic E-state index is 0.181. The average molecular weight is 320 g/mol. The van der Waals surface area contributed by atoms with Crippen LogP contribution in [-0.2, 0) is 0 Å². The molecule has 0 radical (unpaired) electrons. The van der Waals surface area contributed by atoms with Gasteiger partial charge in [-0.3, -0.25) is 0 Å². The van der Waals surface area contributed by atoms with Crippen LogP contribution in [0.5, 0.6) is 5.88 Å². The van der Waals surface area contributed by atoms with Crippen LogP contribution in [0.3, 0.4) is 0 Å². The molecule has 7 nitrogen and oxygen atoms in total. The molecule has 0 atom stereocenters. The molecule has 1 fully saturated rings. The van der Waals surface area contributed by atoms with Crippen LogP contribution in [0.4, 0.5) is 5.82 Å². The molecule has 1 aliphatic carbocycles. The molecule has 1 aromatic carbocycles. The molecule has 1 aliphatic rings. The minimum atomic E-state index is 0.181. The standard InChI is InChI=1S/C17H16N6O/c24-17-13-5-4-10(6-11(13)7-19-17)14-8-18-15(22-12-2-1-3-12)16-20-9-21-23(14)16/h4-9,12,19,24H,1-3H2,(H,18,22). The molecule has 3 heterocycles. The van der Waals surface area contributed by atoms with Crippen LogP contribution < -0.4 is 5.32 Å². The van der Waals surface area contributed by atoms with Crippen LogP contribution in [0.2, 0.25) is 0 Å². The molecule has 1 saturated carbocycles. The van der Waals surface area contributed by atoms with Crippen molar-refractivity contribution in [1.82, 2.24) is 24.6 Å². The van der Waals surface area contributed by atoms with Crippen LogP contribution in [-0.4, -0.2) is 35.7 Å². The summed E-state index contributed by atoms with van der Waals surface area (Å²) in [5, 5.41) is 19.3. The van der Waals surface area contributed by atoms with Gasteiger partial charge in [-0.1, -0.05) is 6.07 Å². The van der Waals surface area contributed by atoms with Gasteiger partial charge in [-0.2, -0.15) is 5.10 Å². The van der Waals surface area contributed by atoms with E-state index in [4.69, 9.17) is 0 Å². The van der Waals surface area contributed by atoms with Gasteiger partial charge in [0.2, 0.25) is 0 Å². The number of hydrogen-bond acceptors (Lipinski definition) is 5. The molecule has 3 aromatic heterocycles. The summed E-state index contributed by atoms with van der Waals surface area (Å²) in [4.78, 5) is 11.8. The molecule has 4 aromatic rings. The molecule has 5 rings (SSSR count). The van der Waals surface area contributed by atoms with Crippen molar-refractivity contribution in [3.05, 3.63) is 36.9 Å². The monoisotopic (exact) mass is 320 g/mol. The second-order valence-corrected chi connectivity index (χ2v) is 6.20. The summed E-state index contributed by atoms with van der Waals surface area (Å²) in [6.45, 7) is 0. The number of aromatic amines is 1. The van der Waals surface area contributed by atoms with Gasteiger partial charge >= 0.3 is 0 Å². The number of aromatic hydroxyl groups is 1. The van der Waals surface area contributed by atoms with Crippen LogP contribution in [0.1, 0.15) is 19.3 Å². The lowest BCUT2D eigenvalue weighted by atomic mass is 9.93. The number of anilines is 1. The van der Waals surface area contributed by atoms with E-state index in [2.05, 4.69) is 25.4 Å². The molecule has 0 aliphatic heterocycles. The summed E-state index contributed by atoms with van der Waals surface area (Å²) in [7, 11) is 0. The van der Waals surface area contributed by atoms with Crippen LogP contribution in [0.15, 0.2) is 36.9 Å². The van der Waals surface area contributed by atoms with Crippen LogP contribution in [0, 0.1) is 0 Å². The lowest BCUT2D eigenvalue weighted by molar-refractivity contribution is 0.444. The van der Waals surface area contributed by atoms with E-state index in [1.807, 2.05) is 28.9 Å². The molecule has 7 heteroatoms. The van der Waals surface area contributed by atoms with E-state index in [9.17, 15) is 5.11 Å². The summed E-state index contributed by atoms with van der Waals surface area (Å²) < 4.78 is 1.81. The zero-order valence-corrected chi connectivity index (χ0v) is 12.9. The molecule has 120 valence electrons. The van der Waals surface area contributed by atoms with E-state index >= 15 is 0 Å². The Labute approximate surface area is 137 Å². The van der Waals surface area contributed by atoms with Crippen LogP contribution in [0.25, 0.3) is 27.7 Å². The van der Waals surface area contributed by atoms with Crippen LogP contribution >= 0.6 is 0 Å². The first-order valence-corrected chi connectivity index (χ1v) is 8.05. The number of nitrogens with one attached hydrogen (secondary N) is 2. The first kappa shape index (κ1) is 13.4. The Hall–Kier alpha value is -3.09. The molecule has 24 heavy (non-hydrogen) atoms. The van der Waals surface area contributed by atoms with Gasteiger partial charge in [-0.25, -0.2) is 14.5 Å². The van der Waals surface area contributed by atoms with Crippen molar-refractivity contribution >= 4 is 22.2 Å². The van der Waals surface area contributed by atoms with Gasteiger partial charge in [0.15, 0.2) is 17.3 Å². The van der Waals surface area contributed by atoms with Gasteiger partial charge in [0, 0.05) is 28.6 Å². The fraction of sp³-hybridized carbons (Fsp3) is 0.235. The highest BCUT2D eigenvalue weighted by Crippen LogP contribution is 2.30. The molecule has 0 saturated heterocycles. The highest BCUT2D eigenvalue weighted by atomic mass is 16.3. The predicted octanol–water partition coefficient (Wildman–Crippen LogP) is 2.94. The van der Waals surface area contributed by atoms with E-state index in [-0.39, 0.29) is 5.88 Å². The topological polar surface area (TPSA) is 91.1 Å². The van der Waals surface area contributed by atoms with Crippen molar-refractivity contribution in [2.45, 2.75) is 25.3 Å². The van der Waals surface area contributed by atoms with Crippen molar-refractivity contribution in [1.29, 1.82) is 0 Å². The van der Waals surface area contributed by atoms with Crippen molar-refractivity contribution < 1.29 is 5.11 Å². The van der Waals surface area contributed by atoms with Gasteiger partial charge in [-0.05, 0) is 31.4 Å². The fourth-order valence-electron chi connectivity index (χ4n) is 3.14. The molecule has 0 amide bonds. The number of fused-ring (bicyclic) bond motifs is 2. The predicted molar refractivity (Wildman–Crippen MR) is 91.0 cm³/mol. The van der Waals surface area contributed by atoms with Gasteiger partial charge in [0.05, 0.1) is 11.9 Å². The first-order valence-electron chi connectivity index (χ1n) is 8.05. The maximum absolute atomic E-state index is 9.76. The maximum Gasteiger partial charge on any atom is 0.198 e. The lowest BCUT2D eigenvalue weighted by Crippen LogP contribution is -2.27. The summed E-state index contributed by atoms with van der Waals surface area (Å²) >= 11 is 0. The second-order valence-electron chi connectivity index (χ2n) is 6.20. The molecule has 3 N–H and O–H groups in total. The zero-order valence-electron chi connectivity index (χ0n) is 12.9. The normalized spacial score (nSPS) is 15.0. The first-order chi connectivity index (χ1) is 11.8. The summed E-state index contributed by atoms with van der Waals surface area (Å²) in [6.07, 6.45) is 8.77. The molecule has 0 unspecified atom stereocenters. The highest BCUT2D eigenvalue weighted by Gasteiger charge is 2.20. The van der Waals surface area contributed by atoms with Crippen molar-refractivity contribution in [3.63, 3.8) is 0 Å². The number of H-pyrrole nitrogens is 1.